The Bertz CT molecular complexity index is 359. The molecule has 0 aliphatic heterocycles. The molecule has 1 aromatic rings. The molecule has 0 amide bonds. The third-order valence-electron chi connectivity index (χ3n) is 2.36. The van der Waals surface area contributed by atoms with Crippen LogP contribution in [0.15, 0.2) is 24.3 Å². The van der Waals surface area contributed by atoms with Gasteiger partial charge in [0.05, 0.1) is 12.6 Å². The van der Waals surface area contributed by atoms with Crippen molar-refractivity contribution in [3.05, 3.63) is 29.8 Å². The van der Waals surface area contributed by atoms with Gasteiger partial charge in [0.2, 0.25) is 0 Å². The molecule has 0 aromatic heterocycles. The lowest BCUT2D eigenvalue weighted by Gasteiger charge is -2.16. The first-order valence-electron chi connectivity index (χ1n) is 5.84. The SMILES string of the molecule is CC(C)Oc1ccc(C(C)NCC(F)(F)F)cc1. The number of ether oxygens (including phenoxy) is 1. The summed E-state index contributed by atoms with van der Waals surface area (Å²) in [5, 5.41) is 2.43. The van der Waals surface area contributed by atoms with Gasteiger partial charge in [-0.05, 0) is 38.5 Å². The van der Waals surface area contributed by atoms with E-state index < -0.39 is 12.7 Å². The Labute approximate surface area is 105 Å². The van der Waals surface area contributed by atoms with E-state index in [1.807, 2.05) is 13.8 Å². The van der Waals surface area contributed by atoms with Gasteiger partial charge in [0, 0.05) is 6.04 Å². The maximum atomic E-state index is 12.1. The lowest BCUT2D eigenvalue weighted by Crippen LogP contribution is -2.30. The molecule has 0 heterocycles. The molecule has 0 aliphatic carbocycles. The average molecular weight is 261 g/mol. The van der Waals surface area contributed by atoms with Gasteiger partial charge in [0.1, 0.15) is 5.75 Å². The predicted molar refractivity (Wildman–Crippen MR) is 64.7 cm³/mol. The number of alkyl halides is 3. The van der Waals surface area contributed by atoms with Crippen molar-refractivity contribution < 1.29 is 17.9 Å². The molecular weight excluding hydrogens is 243 g/mol. The normalized spacial score (nSPS) is 13.7. The highest BCUT2D eigenvalue weighted by molar-refractivity contribution is 5.29. The van der Waals surface area contributed by atoms with Gasteiger partial charge in [0.15, 0.2) is 0 Å². The minimum atomic E-state index is -4.19. The van der Waals surface area contributed by atoms with Crippen LogP contribution in [0.25, 0.3) is 0 Å². The van der Waals surface area contributed by atoms with Crippen LogP contribution in [0.1, 0.15) is 32.4 Å². The Kier molecular flexibility index (Phi) is 5.02. The maximum Gasteiger partial charge on any atom is 0.401 e. The minimum Gasteiger partial charge on any atom is -0.491 e. The van der Waals surface area contributed by atoms with Crippen LogP contribution < -0.4 is 10.1 Å². The second kappa shape index (κ2) is 6.09. The third kappa shape index (κ3) is 5.40. The van der Waals surface area contributed by atoms with Crippen molar-refractivity contribution >= 4 is 0 Å². The van der Waals surface area contributed by atoms with Gasteiger partial charge >= 0.3 is 6.18 Å². The number of halogens is 3. The molecule has 1 atom stereocenters. The molecule has 1 rings (SSSR count). The summed E-state index contributed by atoms with van der Waals surface area (Å²) in [7, 11) is 0. The molecule has 0 saturated heterocycles. The van der Waals surface area contributed by atoms with E-state index in [1.165, 1.54) is 0 Å². The highest BCUT2D eigenvalue weighted by Crippen LogP contribution is 2.20. The Morgan fingerprint density at radius 3 is 2.11 bits per heavy atom. The van der Waals surface area contributed by atoms with E-state index >= 15 is 0 Å². The molecule has 0 spiro atoms. The summed E-state index contributed by atoms with van der Waals surface area (Å²) in [5.74, 6) is 0.719. The molecule has 102 valence electrons. The molecule has 1 unspecified atom stereocenters. The Hall–Kier alpha value is -1.23. The van der Waals surface area contributed by atoms with E-state index in [2.05, 4.69) is 5.32 Å². The zero-order valence-electron chi connectivity index (χ0n) is 10.7. The van der Waals surface area contributed by atoms with E-state index in [4.69, 9.17) is 4.74 Å². The average Bonchev–Trinajstić information content (AvgIpc) is 2.25. The molecule has 0 saturated carbocycles. The molecule has 0 fully saturated rings. The Morgan fingerprint density at radius 1 is 1.11 bits per heavy atom. The number of rotatable bonds is 5. The molecule has 0 bridgehead atoms. The predicted octanol–water partition coefficient (Wildman–Crippen LogP) is 3.69. The van der Waals surface area contributed by atoms with Gasteiger partial charge in [-0.15, -0.1) is 0 Å². The lowest BCUT2D eigenvalue weighted by molar-refractivity contribution is -0.126. The lowest BCUT2D eigenvalue weighted by atomic mass is 10.1. The summed E-state index contributed by atoms with van der Waals surface area (Å²) in [5.41, 5.74) is 0.801. The molecule has 5 heteroatoms. The van der Waals surface area contributed by atoms with Gasteiger partial charge in [0.25, 0.3) is 0 Å². The fourth-order valence-corrected chi connectivity index (χ4v) is 1.49. The largest absolute Gasteiger partial charge is 0.491 e. The van der Waals surface area contributed by atoms with Crippen LogP contribution in [0.4, 0.5) is 13.2 Å². The fraction of sp³-hybridized carbons (Fsp3) is 0.538. The van der Waals surface area contributed by atoms with E-state index in [-0.39, 0.29) is 12.1 Å². The second-order valence-corrected chi connectivity index (χ2v) is 4.45. The van der Waals surface area contributed by atoms with Crippen molar-refractivity contribution in [3.8, 4) is 5.75 Å². The Morgan fingerprint density at radius 2 is 1.67 bits per heavy atom. The van der Waals surface area contributed by atoms with Gasteiger partial charge in [-0.25, -0.2) is 0 Å². The van der Waals surface area contributed by atoms with Gasteiger partial charge in [-0.3, -0.25) is 0 Å². The fourth-order valence-electron chi connectivity index (χ4n) is 1.49. The smallest absolute Gasteiger partial charge is 0.401 e. The third-order valence-corrected chi connectivity index (χ3v) is 2.36. The zero-order valence-corrected chi connectivity index (χ0v) is 10.7. The van der Waals surface area contributed by atoms with Crippen LogP contribution in [0.2, 0.25) is 0 Å². The summed E-state index contributed by atoms with van der Waals surface area (Å²) in [4.78, 5) is 0. The first kappa shape index (κ1) is 14.8. The van der Waals surface area contributed by atoms with Crippen LogP contribution in [-0.4, -0.2) is 18.8 Å². The summed E-state index contributed by atoms with van der Waals surface area (Å²) in [6.45, 7) is 4.55. The van der Waals surface area contributed by atoms with E-state index in [9.17, 15) is 13.2 Å². The molecule has 1 aromatic carbocycles. The molecule has 2 nitrogen and oxygen atoms in total. The summed E-state index contributed by atoms with van der Waals surface area (Å²) in [6, 6.07) is 6.72. The first-order valence-corrected chi connectivity index (χ1v) is 5.84. The molecule has 0 aliphatic rings. The maximum absolute atomic E-state index is 12.1. The highest BCUT2D eigenvalue weighted by atomic mass is 19.4. The second-order valence-electron chi connectivity index (χ2n) is 4.45. The first-order chi connectivity index (χ1) is 8.28. The van der Waals surface area contributed by atoms with Crippen molar-refractivity contribution in [2.24, 2.45) is 0 Å². The topological polar surface area (TPSA) is 21.3 Å². The molecule has 1 N–H and O–H groups in total. The summed E-state index contributed by atoms with van der Waals surface area (Å²) in [6.07, 6.45) is -4.11. The number of hydrogen-bond donors (Lipinski definition) is 1. The van der Waals surface area contributed by atoms with Crippen molar-refractivity contribution in [1.29, 1.82) is 0 Å². The van der Waals surface area contributed by atoms with E-state index in [0.29, 0.717) is 0 Å². The zero-order chi connectivity index (χ0) is 13.8. The summed E-state index contributed by atoms with van der Waals surface area (Å²) >= 11 is 0. The standard InChI is InChI=1S/C13H18F3NO/c1-9(2)18-12-6-4-11(5-7-12)10(3)17-8-13(14,15)16/h4-7,9-10,17H,8H2,1-3H3. The van der Waals surface area contributed by atoms with Crippen molar-refractivity contribution in [2.45, 2.75) is 39.1 Å². The molecular formula is C13H18F3NO. The van der Waals surface area contributed by atoms with E-state index in [0.717, 1.165) is 11.3 Å². The number of nitrogens with one attached hydrogen (secondary N) is 1. The van der Waals surface area contributed by atoms with Crippen molar-refractivity contribution in [3.63, 3.8) is 0 Å². The van der Waals surface area contributed by atoms with Gasteiger partial charge in [-0.2, -0.15) is 13.2 Å². The van der Waals surface area contributed by atoms with Crippen LogP contribution in [0.3, 0.4) is 0 Å². The molecule has 0 radical (unpaired) electrons. The quantitative estimate of drug-likeness (QED) is 0.872. The van der Waals surface area contributed by atoms with Crippen LogP contribution in [0, 0.1) is 0 Å². The van der Waals surface area contributed by atoms with E-state index in [1.54, 1.807) is 31.2 Å². The van der Waals surface area contributed by atoms with Crippen molar-refractivity contribution in [2.75, 3.05) is 6.54 Å². The highest BCUT2D eigenvalue weighted by Gasteiger charge is 2.27. The van der Waals surface area contributed by atoms with Gasteiger partial charge < -0.3 is 10.1 Å². The van der Waals surface area contributed by atoms with Crippen LogP contribution >= 0.6 is 0 Å². The van der Waals surface area contributed by atoms with Crippen LogP contribution in [0.5, 0.6) is 5.75 Å². The number of benzene rings is 1. The Balaban J connectivity index is 2.56. The monoisotopic (exact) mass is 261 g/mol. The van der Waals surface area contributed by atoms with Gasteiger partial charge in [-0.1, -0.05) is 12.1 Å². The van der Waals surface area contributed by atoms with Crippen molar-refractivity contribution in [1.82, 2.24) is 5.32 Å². The van der Waals surface area contributed by atoms with Crippen LogP contribution in [-0.2, 0) is 0 Å². The summed E-state index contributed by atoms with van der Waals surface area (Å²) < 4.78 is 41.6. The molecule has 18 heavy (non-hydrogen) atoms. The number of hydrogen-bond acceptors (Lipinski definition) is 2. The minimum absolute atomic E-state index is 0.0802.